The van der Waals surface area contributed by atoms with Gasteiger partial charge in [-0.3, -0.25) is 9.36 Å². The molecule has 6 N–H and O–H groups in total. The normalized spacial score (nSPS) is 28.9. The minimum absolute atomic E-state index is 0.0719. The topological polar surface area (TPSA) is 169 Å². The first-order valence-electron chi connectivity index (χ1n) is 11.8. The molecule has 2 aromatic heterocycles. The fraction of sp³-hybridized carbons (Fsp3) is 0.667. The summed E-state index contributed by atoms with van der Waals surface area (Å²) in [6.07, 6.45) is -1.84. The summed E-state index contributed by atoms with van der Waals surface area (Å²) < 4.78 is 7.08. The van der Waals surface area contributed by atoms with Gasteiger partial charge in [-0.15, -0.1) is 0 Å². The number of nitrogens with zero attached hydrogens (tertiary/aromatic N) is 4. The van der Waals surface area contributed by atoms with Crippen molar-refractivity contribution in [2.24, 2.45) is 10.8 Å². The number of aliphatic hydroxyl groups excluding tert-OH is 2. The number of anilines is 1. The molecule has 2 aromatic rings. The van der Waals surface area contributed by atoms with Crippen molar-refractivity contribution in [3.63, 3.8) is 0 Å². The number of carbonyl (C=O) groups excluding carboxylic acids is 1. The summed E-state index contributed by atoms with van der Waals surface area (Å²) in [6.45, 7) is 10.6. The SMILES string of the molecule is CCNC(=O)[C@H]1O[C@@H](n2cnc3c(N)nc(C#CC4(O)CC(C)(C)CC(C)(C)C4)nc32)C(O)[C@H]1O. The van der Waals surface area contributed by atoms with Crippen LogP contribution in [0.3, 0.4) is 0 Å². The number of nitrogen functional groups attached to an aromatic ring is 1. The number of aromatic nitrogens is 4. The molecule has 1 unspecified atom stereocenters. The zero-order valence-electron chi connectivity index (χ0n) is 20.7. The van der Waals surface area contributed by atoms with Crippen LogP contribution in [0.4, 0.5) is 5.82 Å². The van der Waals surface area contributed by atoms with Crippen LogP contribution < -0.4 is 11.1 Å². The van der Waals surface area contributed by atoms with E-state index >= 15 is 0 Å². The molecular formula is C24H34N6O5. The summed E-state index contributed by atoms with van der Waals surface area (Å²) in [5.41, 5.74) is 5.23. The van der Waals surface area contributed by atoms with Crippen LogP contribution in [0.1, 0.15) is 65.9 Å². The monoisotopic (exact) mass is 486 g/mol. The van der Waals surface area contributed by atoms with Crippen LogP contribution in [0.25, 0.3) is 11.2 Å². The molecule has 11 nitrogen and oxygen atoms in total. The molecule has 11 heteroatoms. The lowest BCUT2D eigenvalue weighted by Crippen LogP contribution is -2.45. The Balaban J connectivity index is 1.68. The molecule has 1 saturated heterocycles. The van der Waals surface area contributed by atoms with Crippen LogP contribution in [-0.2, 0) is 9.53 Å². The quantitative estimate of drug-likeness (QED) is 0.387. The Morgan fingerprint density at radius 3 is 2.49 bits per heavy atom. The van der Waals surface area contributed by atoms with Crippen molar-refractivity contribution in [1.82, 2.24) is 24.8 Å². The van der Waals surface area contributed by atoms with E-state index in [4.69, 9.17) is 10.5 Å². The van der Waals surface area contributed by atoms with Crippen LogP contribution in [0.2, 0.25) is 0 Å². The molecule has 1 aliphatic heterocycles. The first-order chi connectivity index (χ1) is 16.2. The first kappa shape index (κ1) is 25.3. The molecule has 35 heavy (non-hydrogen) atoms. The van der Waals surface area contributed by atoms with Crippen molar-refractivity contribution < 1.29 is 24.9 Å². The summed E-state index contributed by atoms with van der Waals surface area (Å²) in [5, 5.41) is 34.8. The number of aliphatic hydroxyl groups is 3. The van der Waals surface area contributed by atoms with Crippen LogP contribution in [-0.4, -0.2) is 71.2 Å². The summed E-state index contributed by atoms with van der Waals surface area (Å²) in [4.78, 5) is 25.1. The van der Waals surface area contributed by atoms with E-state index in [-0.39, 0.29) is 33.6 Å². The molecule has 2 fully saturated rings. The van der Waals surface area contributed by atoms with Gasteiger partial charge in [-0.1, -0.05) is 33.6 Å². The molecule has 0 spiro atoms. The Hall–Kier alpha value is -2.78. The van der Waals surface area contributed by atoms with E-state index in [2.05, 4.69) is 59.8 Å². The van der Waals surface area contributed by atoms with E-state index in [0.29, 0.717) is 19.4 Å². The van der Waals surface area contributed by atoms with Gasteiger partial charge in [0.25, 0.3) is 5.91 Å². The maximum atomic E-state index is 12.2. The molecule has 1 amide bonds. The number of hydrogen-bond acceptors (Lipinski definition) is 9. The zero-order valence-corrected chi connectivity index (χ0v) is 20.7. The van der Waals surface area contributed by atoms with Crippen molar-refractivity contribution in [2.45, 2.75) is 84.0 Å². The van der Waals surface area contributed by atoms with Gasteiger partial charge in [-0.25, -0.2) is 15.0 Å². The number of imidazole rings is 1. The van der Waals surface area contributed by atoms with Gasteiger partial charge in [0.05, 0.1) is 6.33 Å². The van der Waals surface area contributed by atoms with Crippen molar-refractivity contribution >= 4 is 22.9 Å². The largest absolute Gasteiger partial charge is 0.387 e. The van der Waals surface area contributed by atoms with E-state index in [1.54, 1.807) is 6.92 Å². The van der Waals surface area contributed by atoms with E-state index in [1.165, 1.54) is 10.9 Å². The summed E-state index contributed by atoms with van der Waals surface area (Å²) in [5.74, 6) is 5.47. The van der Waals surface area contributed by atoms with Crippen molar-refractivity contribution in [1.29, 1.82) is 0 Å². The van der Waals surface area contributed by atoms with E-state index in [1.807, 2.05) is 0 Å². The van der Waals surface area contributed by atoms with Gasteiger partial charge in [-0.2, -0.15) is 0 Å². The lowest BCUT2D eigenvalue weighted by atomic mass is 9.60. The second-order valence-corrected chi connectivity index (χ2v) is 11.2. The number of nitrogens with two attached hydrogens (primary N) is 1. The maximum Gasteiger partial charge on any atom is 0.252 e. The van der Waals surface area contributed by atoms with Crippen LogP contribution in [0.5, 0.6) is 0 Å². The molecule has 190 valence electrons. The Morgan fingerprint density at radius 1 is 1.20 bits per heavy atom. The summed E-state index contributed by atoms with van der Waals surface area (Å²) >= 11 is 0. The Morgan fingerprint density at radius 2 is 1.86 bits per heavy atom. The number of amides is 1. The number of rotatable bonds is 3. The van der Waals surface area contributed by atoms with Gasteiger partial charge < -0.3 is 31.1 Å². The van der Waals surface area contributed by atoms with Gasteiger partial charge >= 0.3 is 0 Å². The van der Waals surface area contributed by atoms with E-state index < -0.39 is 36.0 Å². The van der Waals surface area contributed by atoms with Gasteiger partial charge in [0.15, 0.2) is 23.8 Å². The molecular weight excluding hydrogens is 452 g/mol. The van der Waals surface area contributed by atoms with Crippen LogP contribution in [0, 0.1) is 22.7 Å². The lowest BCUT2D eigenvalue weighted by molar-refractivity contribution is -0.137. The van der Waals surface area contributed by atoms with Gasteiger partial charge in [0, 0.05) is 6.54 Å². The standard InChI is InChI=1S/C24H34N6O5/c1-6-26-20(33)17-15(31)16(32)21(35-17)30-12-27-14-18(25)28-13(29-19(14)30)7-8-24(34)10-22(2,3)9-23(4,5)11-24/h12,15-17,21,31-32,34H,6,9-11H2,1-5H3,(H,26,33)(H2,25,28,29)/t15-,16?,17+,21-/m1/s1. The summed E-state index contributed by atoms with van der Waals surface area (Å²) in [7, 11) is 0. The first-order valence-corrected chi connectivity index (χ1v) is 11.8. The predicted molar refractivity (Wildman–Crippen MR) is 128 cm³/mol. The lowest BCUT2D eigenvalue weighted by Gasteiger charge is -2.47. The minimum Gasteiger partial charge on any atom is -0.387 e. The third-order valence-corrected chi connectivity index (χ3v) is 6.48. The predicted octanol–water partition coefficient (Wildman–Crippen LogP) is 0.483. The number of hydrogen-bond donors (Lipinski definition) is 5. The fourth-order valence-electron chi connectivity index (χ4n) is 5.89. The Bertz CT molecular complexity index is 1180. The average Bonchev–Trinajstić information content (AvgIpc) is 3.26. The van der Waals surface area contributed by atoms with Crippen LogP contribution in [0.15, 0.2) is 6.33 Å². The second kappa shape index (κ2) is 8.71. The van der Waals surface area contributed by atoms with Gasteiger partial charge in [-0.05, 0) is 42.9 Å². The van der Waals surface area contributed by atoms with Crippen molar-refractivity contribution in [3.05, 3.63) is 12.2 Å². The minimum atomic E-state index is -1.44. The van der Waals surface area contributed by atoms with Crippen molar-refractivity contribution in [3.8, 4) is 11.8 Å². The van der Waals surface area contributed by atoms with Gasteiger partial charge in [0.1, 0.15) is 23.3 Å². The molecule has 4 atom stereocenters. The molecule has 0 aromatic carbocycles. The fourth-order valence-corrected chi connectivity index (χ4v) is 5.89. The smallest absolute Gasteiger partial charge is 0.252 e. The number of nitrogens with one attached hydrogen (secondary N) is 1. The van der Waals surface area contributed by atoms with Gasteiger partial charge in [0.2, 0.25) is 5.82 Å². The second-order valence-electron chi connectivity index (χ2n) is 11.2. The number of ether oxygens (including phenoxy) is 1. The summed E-state index contributed by atoms with van der Waals surface area (Å²) in [6, 6.07) is 0. The maximum absolute atomic E-state index is 12.2. The van der Waals surface area contributed by atoms with E-state index in [9.17, 15) is 20.1 Å². The molecule has 2 aliphatic rings. The highest BCUT2D eigenvalue weighted by atomic mass is 16.6. The molecule has 1 saturated carbocycles. The molecule has 1 aliphatic carbocycles. The van der Waals surface area contributed by atoms with Crippen molar-refractivity contribution in [2.75, 3.05) is 12.3 Å². The molecule has 0 bridgehead atoms. The molecule has 0 radical (unpaired) electrons. The van der Waals surface area contributed by atoms with E-state index in [0.717, 1.165) is 6.42 Å². The number of carbonyl (C=O) groups is 1. The highest BCUT2D eigenvalue weighted by molar-refractivity contribution is 5.83. The Labute approximate surface area is 204 Å². The average molecular weight is 487 g/mol. The highest BCUT2D eigenvalue weighted by Gasteiger charge is 2.48. The zero-order chi connectivity index (χ0) is 25.8. The number of likely N-dealkylation sites (N-methyl/N-ethyl adjacent to an activating group) is 1. The third-order valence-electron chi connectivity index (χ3n) is 6.48. The third kappa shape index (κ3) is 4.97. The molecule has 3 heterocycles. The van der Waals surface area contributed by atoms with Crippen LogP contribution >= 0.6 is 0 Å². The molecule has 4 rings (SSSR count). The Kier molecular flexibility index (Phi) is 6.30. The number of fused-ring (bicyclic) bond motifs is 1. The highest BCUT2D eigenvalue weighted by Crippen LogP contribution is 2.49.